The lowest BCUT2D eigenvalue weighted by molar-refractivity contribution is -0.127. The zero-order valence-electron chi connectivity index (χ0n) is 16.7. The van der Waals surface area contributed by atoms with Crippen molar-refractivity contribution in [2.75, 3.05) is 24.4 Å². The Morgan fingerprint density at radius 2 is 1.81 bits per heavy atom. The number of nitrogens with zero attached hydrogens (tertiary/aromatic N) is 1. The molecule has 0 unspecified atom stereocenters. The van der Waals surface area contributed by atoms with Crippen molar-refractivity contribution in [1.82, 2.24) is 10.2 Å². The minimum atomic E-state index is -3.81. The molecule has 10 heteroatoms. The summed E-state index contributed by atoms with van der Waals surface area (Å²) in [5.41, 5.74) is 1.12. The molecule has 0 aromatic heterocycles. The van der Waals surface area contributed by atoms with E-state index in [-0.39, 0.29) is 33.2 Å². The Hall–Kier alpha value is -2.29. The van der Waals surface area contributed by atoms with E-state index in [1.165, 1.54) is 18.2 Å². The van der Waals surface area contributed by atoms with Gasteiger partial charge in [-0.05, 0) is 48.7 Å². The predicted octanol–water partition coefficient (Wildman–Crippen LogP) is 3.47. The van der Waals surface area contributed by atoms with Gasteiger partial charge in [0, 0.05) is 31.7 Å². The van der Waals surface area contributed by atoms with Gasteiger partial charge in [-0.2, -0.15) is 0 Å². The lowest BCUT2D eigenvalue weighted by atomic mass is 10.1. The van der Waals surface area contributed by atoms with Crippen LogP contribution in [0.25, 0.3) is 0 Å². The number of anilines is 1. The van der Waals surface area contributed by atoms with E-state index in [0.29, 0.717) is 31.6 Å². The Balaban J connectivity index is 1.47. The average molecular weight is 484 g/mol. The van der Waals surface area contributed by atoms with Crippen molar-refractivity contribution in [1.29, 1.82) is 0 Å². The first-order valence-electron chi connectivity index (χ1n) is 9.86. The first-order chi connectivity index (χ1) is 14.7. The number of benzene rings is 2. The second-order valence-corrected chi connectivity index (χ2v) is 9.74. The Labute approximate surface area is 191 Å². The van der Waals surface area contributed by atoms with Crippen LogP contribution in [0.15, 0.2) is 47.4 Å². The van der Waals surface area contributed by atoms with Gasteiger partial charge in [-0.1, -0.05) is 35.3 Å². The molecule has 0 radical (unpaired) electrons. The fourth-order valence-corrected chi connectivity index (χ4v) is 4.68. The fourth-order valence-electron chi connectivity index (χ4n) is 3.23. The van der Waals surface area contributed by atoms with Crippen LogP contribution in [0.1, 0.15) is 24.8 Å². The van der Waals surface area contributed by atoms with Crippen molar-refractivity contribution >= 4 is 50.7 Å². The summed E-state index contributed by atoms with van der Waals surface area (Å²) >= 11 is 11.7. The van der Waals surface area contributed by atoms with E-state index in [9.17, 15) is 18.0 Å². The molecule has 0 bridgehead atoms. The van der Waals surface area contributed by atoms with Crippen molar-refractivity contribution in [3.05, 3.63) is 58.1 Å². The summed E-state index contributed by atoms with van der Waals surface area (Å²) in [6.07, 6.45) is 2.42. The van der Waals surface area contributed by atoms with Crippen LogP contribution in [-0.4, -0.2) is 44.8 Å². The Bertz CT molecular complexity index is 1060. The number of hydrogen-bond acceptors (Lipinski definition) is 4. The van der Waals surface area contributed by atoms with Crippen LogP contribution in [0.4, 0.5) is 5.69 Å². The molecular formula is C21H23Cl2N3O4S. The highest BCUT2D eigenvalue weighted by Gasteiger charge is 2.19. The average Bonchev–Trinajstić information content (AvgIpc) is 3.13. The van der Waals surface area contributed by atoms with Gasteiger partial charge in [-0.15, -0.1) is 0 Å². The molecule has 7 nitrogen and oxygen atoms in total. The van der Waals surface area contributed by atoms with Gasteiger partial charge < -0.3 is 10.2 Å². The highest BCUT2D eigenvalue weighted by Crippen LogP contribution is 2.26. The summed E-state index contributed by atoms with van der Waals surface area (Å²) in [6.45, 7) is 1.96. The highest BCUT2D eigenvalue weighted by molar-refractivity contribution is 7.92. The van der Waals surface area contributed by atoms with Gasteiger partial charge in [-0.3, -0.25) is 14.3 Å². The van der Waals surface area contributed by atoms with Crippen LogP contribution < -0.4 is 10.0 Å². The molecule has 2 amide bonds. The van der Waals surface area contributed by atoms with E-state index in [2.05, 4.69) is 10.0 Å². The summed E-state index contributed by atoms with van der Waals surface area (Å²) in [5, 5.41) is 3.26. The third-order valence-electron chi connectivity index (χ3n) is 4.87. The molecule has 31 heavy (non-hydrogen) atoms. The molecule has 0 saturated carbocycles. The molecule has 0 atom stereocenters. The number of halogens is 2. The zero-order valence-corrected chi connectivity index (χ0v) is 19.1. The van der Waals surface area contributed by atoms with Crippen LogP contribution in [-0.2, 0) is 26.0 Å². The van der Waals surface area contributed by atoms with Crippen LogP contribution >= 0.6 is 23.2 Å². The first kappa shape index (κ1) is 23.4. The number of nitrogens with one attached hydrogen (secondary N) is 2. The molecule has 2 N–H and O–H groups in total. The molecular weight excluding hydrogens is 461 g/mol. The summed E-state index contributed by atoms with van der Waals surface area (Å²) < 4.78 is 27.4. The first-order valence-corrected chi connectivity index (χ1v) is 12.1. The monoisotopic (exact) mass is 483 g/mol. The normalized spacial score (nSPS) is 14.0. The quantitative estimate of drug-likeness (QED) is 0.533. The van der Waals surface area contributed by atoms with Crippen molar-refractivity contribution in [2.24, 2.45) is 0 Å². The number of amides is 2. The molecule has 3 rings (SSSR count). The summed E-state index contributed by atoms with van der Waals surface area (Å²) in [5.74, 6) is 0.0538. The molecule has 0 spiro atoms. The number of sulfonamides is 1. The SMILES string of the molecule is O=C(Cc1ccc(NS(=O)(=O)c2ccc(Cl)c(Cl)c2)cc1)NCCCN1CCCC1=O. The molecule has 1 saturated heterocycles. The van der Waals surface area contributed by atoms with Gasteiger partial charge in [0.1, 0.15) is 0 Å². The second-order valence-electron chi connectivity index (χ2n) is 7.24. The van der Waals surface area contributed by atoms with E-state index in [4.69, 9.17) is 23.2 Å². The minimum Gasteiger partial charge on any atom is -0.356 e. The maximum Gasteiger partial charge on any atom is 0.261 e. The molecule has 1 aliphatic heterocycles. The van der Waals surface area contributed by atoms with Crippen LogP contribution in [0.5, 0.6) is 0 Å². The van der Waals surface area contributed by atoms with Gasteiger partial charge in [-0.25, -0.2) is 8.42 Å². The van der Waals surface area contributed by atoms with E-state index in [1.54, 1.807) is 24.3 Å². The van der Waals surface area contributed by atoms with E-state index in [1.807, 2.05) is 4.90 Å². The minimum absolute atomic E-state index is 0.000912. The van der Waals surface area contributed by atoms with Gasteiger partial charge in [0.05, 0.1) is 21.4 Å². The molecule has 2 aromatic carbocycles. The zero-order chi connectivity index (χ0) is 22.4. The molecule has 1 heterocycles. The third-order valence-corrected chi connectivity index (χ3v) is 6.99. The van der Waals surface area contributed by atoms with E-state index >= 15 is 0 Å². The molecule has 166 valence electrons. The lowest BCUT2D eigenvalue weighted by Gasteiger charge is -2.15. The summed E-state index contributed by atoms with van der Waals surface area (Å²) in [6, 6.07) is 10.6. The maximum atomic E-state index is 12.5. The fraction of sp³-hybridized carbons (Fsp3) is 0.333. The number of carbonyl (C=O) groups excluding carboxylic acids is 2. The Morgan fingerprint density at radius 1 is 1.06 bits per heavy atom. The Morgan fingerprint density at radius 3 is 2.45 bits per heavy atom. The van der Waals surface area contributed by atoms with Crippen LogP contribution in [0.2, 0.25) is 10.0 Å². The number of rotatable bonds is 9. The van der Waals surface area contributed by atoms with Crippen molar-refractivity contribution < 1.29 is 18.0 Å². The van der Waals surface area contributed by atoms with E-state index < -0.39 is 10.0 Å². The molecule has 2 aromatic rings. The van der Waals surface area contributed by atoms with Gasteiger partial charge >= 0.3 is 0 Å². The lowest BCUT2D eigenvalue weighted by Crippen LogP contribution is -2.31. The van der Waals surface area contributed by atoms with E-state index in [0.717, 1.165) is 18.5 Å². The van der Waals surface area contributed by atoms with Crippen molar-refractivity contribution in [3.8, 4) is 0 Å². The number of carbonyl (C=O) groups is 2. The largest absolute Gasteiger partial charge is 0.356 e. The van der Waals surface area contributed by atoms with Gasteiger partial charge in [0.25, 0.3) is 10.0 Å². The summed E-state index contributed by atoms with van der Waals surface area (Å²) in [4.78, 5) is 25.5. The van der Waals surface area contributed by atoms with Crippen molar-refractivity contribution in [3.63, 3.8) is 0 Å². The topological polar surface area (TPSA) is 95.6 Å². The standard InChI is InChI=1S/C21H23Cl2N3O4S/c22-18-9-8-17(14-19(18)23)31(29,30)25-16-6-4-15(5-7-16)13-20(27)24-10-2-12-26-11-1-3-21(26)28/h4-9,14,25H,1-3,10-13H2,(H,24,27). The molecule has 0 aliphatic carbocycles. The smallest absolute Gasteiger partial charge is 0.261 e. The van der Waals surface area contributed by atoms with Crippen LogP contribution in [0, 0.1) is 0 Å². The summed E-state index contributed by atoms with van der Waals surface area (Å²) in [7, 11) is -3.81. The third kappa shape index (κ3) is 6.59. The van der Waals surface area contributed by atoms with Crippen LogP contribution in [0.3, 0.4) is 0 Å². The number of hydrogen-bond donors (Lipinski definition) is 2. The second kappa shape index (κ2) is 10.3. The Kier molecular flexibility index (Phi) is 7.80. The molecule has 1 fully saturated rings. The van der Waals surface area contributed by atoms with Gasteiger partial charge in [0.15, 0.2) is 0 Å². The highest BCUT2D eigenvalue weighted by atomic mass is 35.5. The van der Waals surface area contributed by atoms with Crippen molar-refractivity contribution in [2.45, 2.75) is 30.6 Å². The van der Waals surface area contributed by atoms with Gasteiger partial charge in [0.2, 0.25) is 11.8 Å². The molecule has 1 aliphatic rings. The predicted molar refractivity (Wildman–Crippen MR) is 121 cm³/mol. The number of likely N-dealkylation sites (tertiary alicyclic amines) is 1. The maximum absolute atomic E-state index is 12.5.